The predicted octanol–water partition coefficient (Wildman–Crippen LogP) is 3.64. The minimum Gasteiger partial charge on any atom is -0.508 e. The van der Waals surface area contributed by atoms with Crippen LogP contribution in [0.3, 0.4) is 0 Å². The molecular weight excluding hydrogens is 941 g/mol. The van der Waals surface area contributed by atoms with E-state index in [1.807, 2.05) is 44.4 Å². The highest BCUT2D eigenvalue weighted by Gasteiger charge is 2.51. The number of carbonyl (C=O) groups excluding carboxylic acids is 3. The van der Waals surface area contributed by atoms with Crippen molar-refractivity contribution in [3.8, 4) is 35.1 Å². The van der Waals surface area contributed by atoms with Gasteiger partial charge in [-0.15, -0.1) is 16.6 Å². The van der Waals surface area contributed by atoms with E-state index in [0.29, 0.717) is 28.4 Å². The number of fused-ring (bicyclic) bond motifs is 3. The molecule has 19 nitrogen and oxygen atoms in total. The summed E-state index contributed by atoms with van der Waals surface area (Å²) in [6.45, 7) is 11.8. The Labute approximate surface area is 432 Å². The number of aromatic hydroxyl groups is 2. The summed E-state index contributed by atoms with van der Waals surface area (Å²) in [5.41, 5.74) is 3.61. The Morgan fingerprint density at radius 1 is 0.892 bits per heavy atom. The molecule has 19 heteroatoms. The van der Waals surface area contributed by atoms with Crippen molar-refractivity contribution < 1.29 is 34.8 Å². The maximum absolute atomic E-state index is 14.5. The van der Waals surface area contributed by atoms with Gasteiger partial charge in [-0.05, 0) is 93.0 Å². The summed E-state index contributed by atoms with van der Waals surface area (Å²) in [5, 5.41) is 60.1. The minimum absolute atomic E-state index is 0.0240. The number of hydrogen-bond acceptors (Lipinski definition) is 16. The summed E-state index contributed by atoms with van der Waals surface area (Å²) in [6, 6.07) is 12.0. The van der Waals surface area contributed by atoms with E-state index in [9.17, 15) is 34.8 Å². The van der Waals surface area contributed by atoms with Crippen LogP contribution in [0.15, 0.2) is 60.9 Å². The van der Waals surface area contributed by atoms with Crippen molar-refractivity contribution in [2.45, 2.75) is 108 Å². The first-order chi connectivity index (χ1) is 35.6. The molecule has 74 heavy (non-hydrogen) atoms. The number of terminal acetylenes is 1. The van der Waals surface area contributed by atoms with Gasteiger partial charge in [-0.1, -0.05) is 38.0 Å². The SMILES string of the molecule is C#Cc1ccc([C@H](C)NC(=O)[C@@H]2C[C@@H](O)CN2C(=O)[C@@H](NC(=O)C2CCC3(CC2)CC(N2CCN(c4cnc(N5CCN6c7cc(-c8ccccc8O)nnc7NC[C@H]6C5)nc4)CC2)C3)C(C)(C)CCO)c(O)c1. The first kappa shape index (κ1) is 50.8. The highest BCUT2D eigenvalue weighted by molar-refractivity contribution is 5.94. The van der Waals surface area contributed by atoms with Gasteiger partial charge in [0.15, 0.2) is 5.82 Å². The third-order valence-corrected chi connectivity index (χ3v) is 17.1. The Balaban J connectivity index is 0.684. The molecule has 5 atom stereocenters. The zero-order valence-corrected chi connectivity index (χ0v) is 42.7. The van der Waals surface area contributed by atoms with Crippen molar-refractivity contribution in [3.05, 3.63) is 72.1 Å². The van der Waals surface area contributed by atoms with Crippen LogP contribution in [0.5, 0.6) is 11.5 Å². The van der Waals surface area contributed by atoms with Gasteiger partial charge in [-0.3, -0.25) is 19.3 Å². The molecule has 2 aliphatic carbocycles. The molecule has 2 saturated carbocycles. The van der Waals surface area contributed by atoms with Gasteiger partial charge in [0.1, 0.15) is 23.6 Å². The maximum Gasteiger partial charge on any atom is 0.246 e. The Bertz CT molecular complexity index is 2750. The third-order valence-electron chi connectivity index (χ3n) is 17.1. The summed E-state index contributed by atoms with van der Waals surface area (Å²) < 4.78 is 0. The number of carbonyl (C=O) groups is 3. The van der Waals surface area contributed by atoms with Gasteiger partial charge < -0.3 is 56.0 Å². The molecule has 0 bridgehead atoms. The van der Waals surface area contributed by atoms with E-state index in [4.69, 9.17) is 16.4 Å². The van der Waals surface area contributed by atoms with E-state index in [0.717, 1.165) is 114 Å². The van der Waals surface area contributed by atoms with E-state index in [-0.39, 0.29) is 60.8 Å². The van der Waals surface area contributed by atoms with Crippen molar-refractivity contribution in [1.29, 1.82) is 0 Å². The number of likely N-dealkylation sites (tertiary alicyclic amines) is 1. The number of benzene rings is 2. The molecule has 2 aromatic carbocycles. The number of anilines is 4. The van der Waals surface area contributed by atoms with E-state index in [1.54, 1.807) is 31.2 Å². The van der Waals surface area contributed by atoms with Gasteiger partial charge >= 0.3 is 0 Å². The van der Waals surface area contributed by atoms with Crippen molar-refractivity contribution >= 4 is 40.9 Å². The van der Waals surface area contributed by atoms with Crippen molar-refractivity contribution in [1.82, 2.24) is 40.6 Å². The molecule has 3 saturated heterocycles. The molecule has 7 N–H and O–H groups in total. The Morgan fingerprint density at radius 3 is 2.32 bits per heavy atom. The standard InChI is InChI=1S/C55H70N12O7/c1-5-35-10-11-41(47(71)24-35)34(2)59-51(73)45-25-40(69)33-67(45)52(74)48(54(3,4)16-23-68)60-50(72)36-12-14-55(15-13-36)27-37(28-55)63-17-19-64(20-18-63)38-29-57-53(58-30-38)65-21-22-66-39(32-65)31-56-49-44(66)26-43(61-62-49)42-8-6-7-9-46(42)70/h1,6-11,24,26,29-30,34,36-37,39-40,45,48,68-71H,12-23,25,27-28,31-33H2,2-4H3,(H,56,62)(H,59,73)(H,60,72)/t34-,36?,37?,39-,40+,45-,48+,55?/m0/s1. The number of rotatable bonds is 13. The van der Waals surface area contributed by atoms with Gasteiger partial charge in [0.25, 0.3) is 0 Å². The number of phenolic OH excluding ortho intramolecular Hbond substituents is 2. The van der Waals surface area contributed by atoms with Gasteiger partial charge in [0.05, 0.1) is 47.7 Å². The van der Waals surface area contributed by atoms with Crippen LogP contribution in [0.2, 0.25) is 0 Å². The monoisotopic (exact) mass is 1010 g/mol. The van der Waals surface area contributed by atoms with Crippen LogP contribution >= 0.6 is 0 Å². The lowest BCUT2D eigenvalue weighted by Crippen LogP contribution is -2.60. The minimum atomic E-state index is -1.04. The number of nitrogens with one attached hydrogen (secondary N) is 3. The van der Waals surface area contributed by atoms with Crippen LogP contribution in [0.4, 0.5) is 23.1 Å². The van der Waals surface area contributed by atoms with Crippen LogP contribution < -0.4 is 30.7 Å². The van der Waals surface area contributed by atoms with Crippen LogP contribution in [0.1, 0.15) is 89.3 Å². The van der Waals surface area contributed by atoms with Crippen LogP contribution in [0.25, 0.3) is 11.3 Å². The highest BCUT2D eigenvalue weighted by Crippen LogP contribution is 2.54. The fourth-order valence-corrected chi connectivity index (χ4v) is 12.5. The third kappa shape index (κ3) is 10.2. The molecule has 392 valence electrons. The number of β-amino-alcohol motifs (C(OH)–C–C–N with tert-alkyl or cyclic N) is 1. The fraction of sp³-hybridized carbons (Fsp3) is 0.545. The lowest BCUT2D eigenvalue weighted by atomic mass is 9.56. The molecule has 2 aromatic heterocycles. The predicted molar refractivity (Wildman–Crippen MR) is 280 cm³/mol. The molecule has 0 radical (unpaired) electrons. The number of piperazine rings is 2. The Morgan fingerprint density at radius 2 is 1.62 bits per heavy atom. The number of aromatic nitrogens is 4. The smallest absolute Gasteiger partial charge is 0.246 e. The molecule has 0 unspecified atom stereocenters. The molecule has 6 aliphatic rings. The summed E-state index contributed by atoms with van der Waals surface area (Å²) in [7, 11) is 0. The van der Waals surface area contributed by atoms with Crippen LogP contribution in [0, 0.1) is 29.1 Å². The quantitative estimate of drug-likeness (QED) is 0.0948. The van der Waals surface area contributed by atoms with Crippen LogP contribution in [-0.2, 0) is 14.4 Å². The normalized spacial score (nSPS) is 25.7. The zero-order valence-electron chi connectivity index (χ0n) is 42.7. The summed E-state index contributed by atoms with van der Waals surface area (Å²) in [5.74, 6) is 2.65. The molecule has 5 fully saturated rings. The molecule has 3 amide bonds. The van der Waals surface area contributed by atoms with Crippen molar-refractivity contribution in [2.75, 3.05) is 85.5 Å². The van der Waals surface area contributed by atoms with E-state index in [1.165, 1.54) is 11.0 Å². The number of aliphatic hydroxyl groups is 2. The second kappa shape index (κ2) is 20.9. The molecule has 6 heterocycles. The van der Waals surface area contributed by atoms with Crippen molar-refractivity contribution in [2.24, 2.45) is 16.7 Å². The van der Waals surface area contributed by atoms with Gasteiger partial charge in [0.2, 0.25) is 23.7 Å². The van der Waals surface area contributed by atoms with Crippen molar-refractivity contribution in [3.63, 3.8) is 0 Å². The first-order valence-corrected chi connectivity index (χ1v) is 26.3. The average molecular weight is 1010 g/mol. The topological polar surface area (TPSA) is 236 Å². The number of nitrogens with zero attached hydrogens (tertiary/aromatic N) is 9. The average Bonchev–Trinajstić information content (AvgIpc) is 3.80. The second-order valence-electron chi connectivity index (χ2n) is 22.2. The molecule has 1 spiro atoms. The van der Waals surface area contributed by atoms with E-state index < -0.39 is 41.5 Å². The molecular formula is C55H70N12O7. The van der Waals surface area contributed by atoms with E-state index in [2.05, 4.69) is 51.7 Å². The maximum atomic E-state index is 14.5. The lowest BCUT2D eigenvalue weighted by Gasteiger charge is -2.56. The number of para-hydroxylation sites is 1. The summed E-state index contributed by atoms with van der Waals surface area (Å²) >= 11 is 0. The van der Waals surface area contributed by atoms with Gasteiger partial charge in [-0.2, -0.15) is 0 Å². The summed E-state index contributed by atoms with van der Waals surface area (Å²) in [6.07, 6.45) is 14.3. The highest BCUT2D eigenvalue weighted by atomic mass is 16.3. The number of aliphatic hydroxyl groups excluding tert-OH is 2. The number of phenols is 2. The molecule has 4 aliphatic heterocycles. The number of amides is 3. The fourth-order valence-electron chi connectivity index (χ4n) is 12.5. The number of hydrogen-bond donors (Lipinski definition) is 7. The van der Waals surface area contributed by atoms with Gasteiger partial charge in [-0.25, -0.2) is 9.97 Å². The first-order valence-electron chi connectivity index (χ1n) is 26.3. The lowest BCUT2D eigenvalue weighted by molar-refractivity contribution is -0.145. The molecule has 4 aromatic rings. The Hall–Kier alpha value is -6.75. The van der Waals surface area contributed by atoms with Crippen LogP contribution in [-0.4, -0.2) is 164 Å². The zero-order chi connectivity index (χ0) is 51.9. The summed E-state index contributed by atoms with van der Waals surface area (Å²) in [4.78, 5) is 63.1. The largest absolute Gasteiger partial charge is 0.508 e. The second-order valence-corrected chi connectivity index (χ2v) is 22.2. The molecule has 10 rings (SSSR count). The van der Waals surface area contributed by atoms with E-state index >= 15 is 0 Å². The Kier molecular flexibility index (Phi) is 14.3. The van der Waals surface area contributed by atoms with Gasteiger partial charge in [0, 0.05) is 101 Å².